The van der Waals surface area contributed by atoms with E-state index in [1.54, 1.807) is 0 Å². The van der Waals surface area contributed by atoms with Crippen LogP contribution in [0, 0.1) is 11.8 Å². The molecule has 1 saturated heterocycles. The SMILES string of the molecule is CC(N)C1CCCN(C2CCCCC2C)C1. The minimum Gasteiger partial charge on any atom is -0.328 e. The van der Waals surface area contributed by atoms with Gasteiger partial charge in [-0.05, 0) is 51.0 Å². The molecule has 16 heavy (non-hydrogen) atoms. The molecule has 2 N–H and O–H groups in total. The Morgan fingerprint density at radius 3 is 2.56 bits per heavy atom. The van der Waals surface area contributed by atoms with Gasteiger partial charge in [-0.25, -0.2) is 0 Å². The van der Waals surface area contributed by atoms with Crippen molar-refractivity contribution in [2.45, 2.75) is 64.5 Å². The van der Waals surface area contributed by atoms with Crippen LogP contribution in [0.4, 0.5) is 0 Å². The highest BCUT2D eigenvalue weighted by atomic mass is 15.2. The molecule has 1 aliphatic heterocycles. The maximum absolute atomic E-state index is 6.07. The van der Waals surface area contributed by atoms with Gasteiger partial charge in [0.05, 0.1) is 0 Å². The Labute approximate surface area is 101 Å². The third kappa shape index (κ3) is 2.78. The van der Waals surface area contributed by atoms with Crippen molar-refractivity contribution < 1.29 is 0 Å². The first kappa shape index (κ1) is 12.4. The number of nitrogens with two attached hydrogens (primary N) is 1. The van der Waals surface area contributed by atoms with Crippen LogP contribution < -0.4 is 5.73 Å². The second-order valence-electron chi connectivity index (χ2n) is 6.09. The predicted octanol–water partition coefficient (Wildman–Crippen LogP) is 2.62. The second-order valence-corrected chi connectivity index (χ2v) is 6.09. The Bertz CT molecular complexity index is 215. The van der Waals surface area contributed by atoms with Gasteiger partial charge in [0.2, 0.25) is 0 Å². The van der Waals surface area contributed by atoms with Gasteiger partial charge >= 0.3 is 0 Å². The molecule has 2 aliphatic rings. The monoisotopic (exact) mass is 224 g/mol. The van der Waals surface area contributed by atoms with Gasteiger partial charge in [0.15, 0.2) is 0 Å². The second kappa shape index (κ2) is 5.50. The summed E-state index contributed by atoms with van der Waals surface area (Å²) in [6, 6.07) is 1.23. The first-order valence-corrected chi connectivity index (χ1v) is 7.18. The lowest BCUT2D eigenvalue weighted by molar-refractivity contribution is 0.0623. The van der Waals surface area contributed by atoms with Crippen LogP contribution in [0.2, 0.25) is 0 Å². The van der Waals surface area contributed by atoms with Crippen molar-refractivity contribution in [1.82, 2.24) is 4.90 Å². The molecule has 1 aliphatic carbocycles. The van der Waals surface area contributed by atoms with E-state index in [-0.39, 0.29) is 0 Å². The molecule has 4 unspecified atom stereocenters. The minimum absolute atomic E-state index is 0.377. The zero-order valence-corrected chi connectivity index (χ0v) is 11.0. The molecular formula is C14H28N2. The van der Waals surface area contributed by atoms with Crippen LogP contribution in [0.3, 0.4) is 0 Å². The van der Waals surface area contributed by atoms with E-state index in [4.69, 9.17) is 5.73 Å². The summed E-state index contributed by atoms with van der Waals surface area (Å²) in [6.45, 7) is 7.20. The van der Waals surface area contributed by atoms with Crippen LogP contribution in [0.1, 0.15) is 52.4 Å². The topological polar surface area (TPSA) is 29.3 Å². The molecule has 0 radical (unpaired) electrons. The predicted molar refractivity (Wildman–Crippen MR) is 69.4 cm³/mol. The van der Waals surface area contributed by atoms with E-state index in [9.17, 15) is 0 Å². The smallest absolute Gasteiger partial charge is 0.0121 e. The van der Waals surface area contributed by atoms with Crippen molar-refractivity contribution in [3.63, 3.8) is 0 Å². The van der Waals surface area contributed by atoms with Gasteiger partial charge < -0.3 is 5.73 Å². The van der Waals surface area contributed by atoms with Gasteiger partial charge in [-0.1, -0.05) is 19.8 Å². The van der Waals surface area contributed by atoms with Gasteiger partial charge in [0.1, 0.15) is 0 Å². The van der Waals surface area contributed by atoms with Gasteiger partial charge in [0.25, 0.3) is 0 Å². The normalized spacial score (nSPS) is 39.6. The summed E-state index contributed by atoms with van der Waals surface area (Å²) in [4.78, 5) is 2.75. The van der Waals surface area contributed by atoms with Crippen LogP contribution in [0.15, 0.2) is 0 Å². The number of likely N-dealkylation sites (tertiary alicyclic amines) is 1. The van der Waals surface area contributed by atoms with E-state index in [0.29, 0.717) is 6.04 Å². The Hall–Kier alpha value is -0.0800. The molecule has 1 heterocycles. The Morgan fingerprint density at radius 1 is 1.12 bits per heavy atom. The summed E-state index contributed by atoms with van der Waals surface area (Å²) in [5, 5.41) is 0. The van der Waals surface area contributed by atoms with E-state index in [2.05, 4.69) is 18.7 Å². The summed E-state index contributed by atoms with van der Waals surface area (Å²) >= 11 is 0. The summed E-state index contributed by atoms with van der Waals surface area (Å²) in [6.07, 6.45) is 8.44. The van der Waals surface area contributed by atoms with Gasteiger partial charge in [0, 0.05) is 18.6 Å². The van der Waals surface area contributed by atoms with Crippen LogP contribution in [-0.2, 0) is 0 Å². The summed E-state index contributed by atoms with van der Waals surface area (Å²) < 4.78 is 0. The Kier molecular flexibility index (Phi) is 4.26. The zero-order valence-electron chi connectivity index (χ0n) is 11.0. The van der Waals surface area contributed by atoms with Gasteiger partial charge in [-0.15, -0.1) is 0 Å². The maximum atomic E-state index is 6.07. The minimum atomic E-state index is 0.377. The fourth-order valence-corrected chi connectivity index (χ4v) is 3.61. The Balaban J connectivity index is 1.92. The third-order valence-corrected chi connectivity index (χ3v) is 4.77. The summed E-state index contributed by atoms with van der Waals surface area (Å²) in [5.41, 5.74) is 6.07. The standard InChI is InChI=1S/C14H28N2/c1-11-6-3-4-8-14(11)16-9-5-7-13(10-16)12(2)15/h11-14H,3-10,15H2,1-2H3. The third-order valence-electron chi connectivity index (χ3n) is 4.77. The quantitative estimate of drug-likeness (QED) is 0.781. The molecule has 0 spiro atoms. The van der Waals surface area contributed by atoms with Gasteiger partial charge in [-0.3, -0.25) is 4.90 Å². The molecule has 94 valence electrons. The highest BCUT2D eigenvalue weighted by molar-refractivity contribution is 4.86. The highest BCUT2D eigenvalue weighted by Gasteiger charge is 2.31. The lowest BCUT2D eigenvalue weighted by Gasteiger charge is -2.43. The fourth-order valence-electron chi connectivity index (χ4n) is 3.61. The highest BCUT2D eigenvalue weighted by Crippen LogP contribution is 2.31. The molecule has 2 heteroatoms. The molecule has 0 amide bonds. The van der Waals surface area contributed by atoms with Crippen molar-refractivity contribution in [1.29, 1.82) is 0 Å². The van der Waals surface area contributed by atoms with E-state index < -0.39 is 0 Å². The summed E-state index contributed by atoms with van der Waals surface area (Å²) in [5.74, 6) is 1.64. The maximum Gasteiger partial charge on any atom is 0.0121 e. The van der Waals surface area contributed by atoms with Crippen LogP contribution >= 0.6 is 0 Å². The number of hydrogen-bond acceptors (Lipinski definition) is 2. The molecule has 2 fully saturated rings. The van der Waals surface area contributed by atoms with E-state index in [1.165, 1.54) is 51.6 Å². The van der Waals surface area contributed by atoms with Crippen LogP contribution in [-0.4, -0.2) is 30.1 Å². The number of nitrogens with zero attached hydrogens (tertiary/aromatic N) is 1. The number of piperidine rings is 1. The summed E-state index contributed by atoms with van der Waals surface area (Å²) in [7, 11) is 0. The molecule has 4 atom stereocenters. The van der Waals surface area contributed by atoms with Crippen LogP contribution in [0.25, 0.3) is 0 Å². The molecule has 0 bridgehead atoms. The molecule has 0 aromatic carbocycles. The van der Waals surface area contributed by atoms with E-state index in [1.807, 2.05) is 0 Å². The van der Waals surface area contributed by atoms with E-state index >= 15 is 0 Å². The average molecular weight is 224 g/mol. The molecule has 0 aromatic rings. The van der Waals surface area contributed by atoms with Crippen molar-refractivity contribution >= 4 is 0 Å². The van der Waals surface area contributed by atoms with Crippen molar-refractivity contribution in [2.75, 3.05) is 13.1 Å². The van der Waals surface area contributed by atoms with Crippen molar-refractivity contribution in [3.05, 3.63) is 0 Å². The first-order chi connectivity index (χ1) is 7.68. The molecular weight excluding hydrogens is 196 g/mol. The Morgan fingerprint density at radius 2 is 1.88 bits per heavy atom. The molecule has 2 nitrogen and oxygen atoms in total. The zero-order chi connectivity index (χ0) is 11.5. The average Bonchev–Trinajstić information content (AvgIpc) is 2.30. The lowest BCUT2D eigenvalue weighted by atomic mass is 9.82. The fraction of sp³-hybridized carbons (Fsp3) is 1.00. The lowest BCUT2D eigenvalue weighted by Crippen LogP contribution is -2.49. The molecule has 0 aromatic heterocycles. The number of rotatable bonds is 2. The van der Waals surface area contributed by atoms with Gasteiger partial charge in [-0.2, -0.15) is 0 Å². The van der Waals surface area contributed by atoms with Crippen molar-refractivity contribution in [3.8, 4) is 0 Å². The molecule has 1 saturated carbocycles. The molecule has 2 rings (SSSR count). The largest absolute Gasteiger partial charge is 0.328 e. The number of hydrogen-bond donors (Lipinski definition) is 1. The van der Waals surface area contributed by atoms with Crippen molar-refractivity contribution in [2.24, 2.45) is 17.6 Å². The first-order valence-electron chi connectivity index (χ1n) is 7.18. The van der Waals surface area contributed by atoms with Crippen LogP contribution in [0.5, 0.6) is 0 Å². The van der Waals surface area contributed by atoms with E-state index in [0.717, 1.165) is 17.9 Å².